The number of rotatable bonds is 4. The average molecular weight is 441 g/mol. The van der Waals surface area contributed by atoms with Gasteiger partial charge in [0.15, 0.2) is 0 Å². The van der Waals surface area contributed by atoms with Crippen molar-refractivity contribution in [3.63, 3.8) is 0 Å². The number of halogens is 4. The highest BCUT2D eigenvalue weighted by Gasteiger charge is 2.28. The van der Waals surface area contributed by atoms with Crippen molar-refractivity contribution in [2.24, 2.45) is 7.05 Å². The monoisotopic (exact) mass is 440 g/mol. The van der Waals surface area contributed by atoms with Crippen molar-refractivity contribution in [1.82, 2.24) is 9.55 Å². The van der Waals surface area contributed by atoms with E-state index in [2.05, 4.69) is 4.98 Å². The maximum atomic E-state index is 13.8. The van der Waals surface area contributed by atoms with Gasteiger partial charge < -0.3 is 9.30 Å². The fourth-order valence-corrected chi connectivity index (χ4v) is 3.97. The molecule has 0 fully saturated rings. The summed E-state index contributed by atoms with van der Waals surface area (Å²) in [5, 5.41) is 0.382. The van der Waals surface area contributed by atoms with Crippen LogP contribution in [-0.2, 0) is 24.6 Å². The summed E-state index contributed by atoms with van der Waals surface area (Å²) in [6.45, 7) is 2.71. The van der Waals surface area contributed by atoms with Crippen LogP contribution in [0.15, 0.2) is 30.0 Å². The number of methoxy groups -OCH3 is 1. The van der Waals surface area contributed by atoms with Gasteiger partial charge in [-0.15, -0.1) is 0 Å². The third-order valence-electron chi connectivity index (χ3n) is 5.10. The van der Waals surface area contributed by atoms with Crippen molar-refractivity contribution in [3.05, 3.63) is 68.2 Å². The molecule has 2 heterocycles. The lowest BCUT2D eigenvalue weighted by atomic mass is 10.0. The topological polar surface area (TPSA) is 44.1 Å². The highest BCUT2D eigenvalue weighted by Crippen LogP contribution is 2.35. The van der Waals surface area contributed by atoms with Crippen molar-refractivity contribution in [3.8, 4) is 0 Å². The minimum Gasteiger partial charge on any atom is -0.465 e. The van der Waals surface area contributed by atoms with Gasteiger partial charge in [0.25, 0.3) is 5.92 Å². The predicted molar refractivity (Wildman–Crippen MR) is 110 cm³/mol. The van der Waals surface area contributed by atoms with E-state index in [1.807, 2.05) is 24.6 Å². The summed E-state index contributed by atoms with van der Waals surface area (Å²) in [4.78, 5) is 15.9. The number of carbonyl (C=O) groups is 1. The fraction of sp³-hybridized carbons (Fsp3) is 0.333. The van der Waals surface area contributed by atoms with Crippen LogP contribution in [0.1, 0.15) is 46.7 Å². The van der Waals surface area contributed by atoms with Crippen LogP contribution in [0.2, 0.25) is 10.2 Å². The average Bonchev–Trinajstić information content (AvgIpc) is 2.85. The second-order valence-corrected chi connectivity index (χ2v) is 7.79. The summed E-state index contributed by atoms with van der Waals surface area (Å²) >= 11 is 12.6. The molecule has 154 valence electrons. The summed E-state index contributed by atoms with van der Waals surface area (Å²) in [6, 6.07) is 1.93. The smallest absolute Gasteiger partial charge is 0.340 e. The molecule has 1 aliphatic rings. The molecule has 0 radical (unpaired) electrons. The van der Waals surface area contributed by atoms with Crippen LogP contribution in [-0.4, -0.2) is 28.6 Å². The quantitative estimate of drug-likeness (QED) is 0.455. The number of allylic oxidation sites excluding steroid dienone is 4. The Morgan fingerprint density at radius 1 is 1.38 bits per heavy atom. The molecule has 2 aromatic rings. The first-order valence-corrected chi connectivity index (χ1v) is 9.66. The van der Waals surface area contributed by atoms with Crippen LogP contribution in [0.3, 0.4) is 0 Å². The Bertz CT molecular complexity index is 1050. The first-order chi connectivity index (χ1) is 13.5. The zero-order chi connectivity index (χ0) is 21.5. The molecule has 0 unspecified atom stereocenters. The van der Waals surface area contributed by atoms with Gasteiger partial charge >= 0.3 is 5.97 Å². The van der Waals surface area contributed by atoms with Crippen LogP contribution in [0.25, 0.3) is 5.57 Å². The molecule has 4 nitrogen and oxygen atoms in total. The minimum atomic E-state index is -2.90. The number of carbonyl (C=O) groups excluding carboxylic acids is 1. The Kier molecular flexibility index (Phi) is 5.88. The number of hydrogen-bond acceptors (Lipinski definition) is 3. The number of nitrogens with zero attached hydrogens (tertiary/aromatic N) is 2. The summed E-state index contributed by atoms with van der Waals surface area (Å²) < 4.78 is 34.2. The lowest BCUT2D eigenvalue weighted by Crippen LogP contribution is -2.12. The standard InChI is InChI=1S/C21H20Cl2F2N2O2/c1-11-7-12(21(2,24)25)5-6-17-14(11)8-13(27(17)3)9-15-18(22)16(20(28)29-4)10-26-19(15)23/h5,7-8,10H,6,9H2,1-4H3. The van der Waals surface area contributed by atoms with Gasteiger partial charge in [0.1, 0.15) is 5.15 Å². The van der Waals surface area contributed by atoms with E-state index in [1.54, 1.807) is 6.08 Å². The summed E-state index contributed by atoms with van der Waals surface area (Å²) in [7, 11) is 3.13. The molecule has 0 bridgehead atoms. The molecule has 0 N–H and O–H groups in total. The third kappa shape index (κ3) is 4.09. The van der Waals surface area contributed by atoms with Crippen LogP contribution in [0.4, 0.5) is 8.78 Å². The number of alkyl halides is 2. The Hall–Kier alpha value is -2.18. The van der Waals surface area contributed by atoms with Crippen LogP contribution >= 0.6 is 23.2 Å². The Morgan fingerprint density at radius 2 is 2.07 bits per heavy atom. The van der Waals surface area contributed by atoms with Crippen molar-refractivity contribution < 1.29 is 18.3 Å². The highest BCUT2D eigenvalue weighted by atomic mass is 35.5. The Balaban J connectivity index is 2.02. The first-order valence-electron chi connectivity index (χ1n) is 8.90. The van der Waals surface area contributed by atoms with E-state index >= 15 is 0 Å². The molecule has 0 amide bonds. The van der Waals surface area contributed by atoms with Crippen LogP contribution in [0.5, 0.6) is 0 Å². The van der Waals surface area contributed by atoms with E-state index in [9.17, 15) is 13.6 Å². The molecular formula is C21H20Cl2F2N2O2. The molecule has 2 aromatic heterocycles. The number of aromatic nitrogens is 2. The van der Waals surface area contributed by atoms with E-state index in [0.717, 1.165) is 29.4 Å². The number of pyridine rings is 1. The maximum Gasteiger partial charge on any atom is 0.340 e. The lowest BCUT2D eigenvalue weighted by molar-refractivity contribution is 0.0599. The number of esters is 1. The molecule has 0 atom stereocenters. The normalized spacial score (nSPS) is 14.1. The van der Waals surface area contributed by atoms with E-state index < -0.39 is 11.9 Å². The third-order valence-corrected chi connectivity index (χ3v) is 5.85. The number of ether oxygens (including phenoxy) is 1. The summed E-state index contributed by atoms with van der Waals surface area (Å²) in [5.74, 6) is -3.49. The minimum absolute atomic E-state index is 0.00816. The molecule has 0 saturated carbocycles. The molecule has 29 heavy (non-hydrogen) atoms. The number of hydrogen-bond donors (Lipinski definition) is 0. The molecule has 0 aliphatic heterocycles. The first kappa shape index (κ1) is 21.5. The predicted octanol–water partition coefficient (Wildman–Crippen LogP) is 5.65. The van der Waals surface area contributed by atoms with Crippen LogP contribution < -0.4 is 0 Å². The van der Waals surface area contributed by atoms with Gasteiger partial charge in [-0.05, 0) is 30.2 Å². The fourth-order valence-electron chi connectivity index (χ4n) is 3.43. The van der Waals surface area contributed by atoms with E-state index in [-0.39, 0.29) is 21.3 Å². The summed E-state index contributed by atoms with van der Waals surface area (Å²) in [5.41, 5.74) is 4.08. The van der Waals surface area contributed by atoms with Gasteiger partial charge in [-0.2, -0.15) is 0 Å². The van der Waals surface area contributed by atoms with E-state index in [4.69, 9.17) is 27.9 Å². The van der Waals surface area contributed by atoms with E-state index in [0.29, 0.717) is 18.4 Å². The van der Waals surface area contributed by atoms with Crippen molar-refractivity contribution in [2.75, 3.05) is 7.11 Å². The summed E-state index contributed by atoms with van der Waals surface area (Å²) in [6.07, 6.45) is 5.06. The Morgan fingerprint density at radius 3 is 2.69 bits per heavy atom. The molecule has 0 spiro atoms. The molecule has 1 aliphatic carbocycles. The second-order valence-electron chi connectivity index (χ2n) is 7.06. The SMILES string of the molecule is COC(=O)c1cnc(Cl)c(Cc2cc3c(n2C)CC=C(C(C)(F)F)C=C3C)c1Cl. The van der Waals surface area contributed by atoms with Gasteiger partial charge in [0.05, 0.1) is 17.7 Å². The van der Waals surface area contributed by atoms with Gasteiger partial charge in [0.2, 0.25) is 0 Å². The van der Waals surface area contributed by atoms with Gasteiger partial charge in [0, 0.05) is 55.5 Å². The van der Waals surface area contributed by atoms with Crippen molar-refractivity contribution >= 4 is 34.7 Å². The van der Waals surface area contributed by atoms with E-state index in [1.165, 1.54) is 19.4 Å². The molecule has 3 rings (SSSR count). The van der Waals surface area contributed by atoms with Gasteiger partial charge in [-0.25, -0.2) is 18.6 Å². The molecule has 0 saturated heterocycles. The molecular weight excluding hydrogens is 421 g/mol. The second kappa shape index (κ2) is 7.92. The zero-order valence-electron chi connectivity index (χ0n) is 16.4. The number of fused-ring (bicyclic) bond motifs is 1. The van der Waals surface area contributed by atoms with Gasteiger partial charge in [-0.1, -0.05) is 29.3 Å². The lowest BCUT2D eigenvalue weighted by Gasteiger charge is -2.12. The maximum absolute atomic E-state index is 13.8. The van der Waals surface area contributed by atoms with Gasteiger partial charge in [-0.3, -0.25) is 0 Å². The zero-order valence-corrected chi connectivity index (χ0v) is 18.0. The highest BCUT2D eigenvalue weighted by molar-refractivity contribution is 6.37. The van der Waals surface area contributed by atoms with Crippen molar-refractivity contribution in [2.45, 2.75) is 32.6 Å². The Labute approximate surface area is 177 Å². The van der Waals surface area contributed by atoms with Crippen molar-refractivity contribution in [1.29, 1.82) is 0 Å². The van der Waals surface area contributed by atoms with Crippen LogP contribution in [0, 0.1) is 0 Å². The largest absolute Gasteiger partial charge is 0.465 e. The molecule has 0 aromatic carbocycles. The molecule has 8 heteroatoms.